The fraction of sp³-hybridized carbons (Fsp3) is 0.344. The summed E-state index contributed by atoms with van der Waals surface area (Å²) in [5.41, 5.74) is 12.3. The molecule has 2 aromatic heterocycles. The molecule has 216 valence electrons. The number of ether oxygens (including phenoxy) is 1. The molecule has 42 heavy (non-hydrogen) atoms. The van der Waals surface area contributed by atoms with Crippen molar-refractivity contribution in [1.29, 1.82) is 5.26 Å². The van der Waals surface area contributed by atoms with E-state index < -0.39 is 5.82 Å². The van der Waals surface area contributed by atoms with Crippen molar-refractivity contribution in [3.63, 3.8) is 0 Å². The molecule has 0 saturated carbocycles. The average Bonchev–Trinajstić information content (AvgIpc) is 3.51. The minimum Gasteiger partial charge on any atom is -0.497 e. The summed E-state index contributed by atoms with van der Waals surface area (Å²) in [5.74, 6) is 0.555. The maximum Gasteiger partial charge on any atom is 0.135 e. The van der Waals surface area contributed by atoms with Crippen LogP contribution in [0.2, 0.25) is 5.02 Å². The maximum atomic E-state index is 14.0. The van der Waals surface area contributed by atoms with E-state index in [0.29, 0.717) is 29.1 Å². The summed E-state index contributed by atoms with van der Waals surface area (Å²) < 4.78 is 21.3. The Labute approximate surface area is 249 Å². The van der Waals surface area contributed by atoms with Crippen LogP contribution in [-0.2, 0) is 0 Å². The highest BCUT2D eigenvalue weighted by Crippen LogP contribution is 2.39. The zero-order valence-electron chi connectivity index (χ0n) is 23.6. The van der Waals surface area contributed by atoms with E-state index in [9.17, 15) is 4.39 Å². The summed E-state index contributed by atoms with van der Waals surface area (Å²) in [5, 5.41) is 17.9. The third kappa shape index (κ3) is 5.40. The summed E-state index contributed by atoms with van der Waals surface area (Å²) in [6.07, 6.45) is 8.46. The van der Waals surface area contributed by atoms with E-state index in [1.54, 1.807) is 13.3 Å². The van der Waals surface area contributed by atoms with E-state index in [1.807, 2.05) is 28.9 Å². The number of methoxy groups -OCH3 is 1. The molecule has 3 N–H and O–H groups in total. The van der Waals surface area contributed by atoms with Gasteiger partial charge in [0.15, 0.2) is 0 Å². The number of nitrogens with zero attached hydrogens (tertiary/aromatic N) is 5. The number of aliphatic imine (C=N–C) groups is 1. The number of amidine groups is 1. The number of nitrogens with one attached hydrogen (secondary N) is 1. The van der Waals surface area contributed by atoms with E-state index in [2.05, 4.69) is 39.4 Å². The highest BCUT2D eigenvalue weighted by molar-refractivity contribution is 6.33. The van der Waals surface area contributed by atoms with Gasteiger partial charge in [-0.2, -0.15) is 10.4 Å². The molecule has 2 bridgehead atoms. The van der Waals surface area contributed by atoms with Gasteiger partial charge < -0.3 is 15.8 Å². The number of aromatic nitrogens is 2. The number of hydrogen-bond acceptors (Lipinski definition) is 6. The van der Waals surface area contributed by atoms with Crippen molar-refractivity contribution >= 4 is 34.3 Å². The van der Waals surface area contributed by atoms with Crippen molar-refractivity contribution < 1.29 is 9.13 Å². The zero-order chi connectivity index (χ0) is 29.4. The van der Waals surface area contributed by atoms with Gasteiger partial charge in [-0.15, -0.1) is 0 Å². The lowest BCUT2D eigenvalue weighted by atomic mass is 9.96. The van der Waals surface area contributed by atoms with Crippen molar-refractivity contribution in [2.45, 2.75) is 57.2 Å². The molecule has 6 rings (SSSR count). The van der Waals surface area contributed by atoms with Crippen LogP contribution in [0.3, 0.4) is 0 Å². The lowest BCUT2D eigenvalue weighted by Crippen LogP contribution is -2.47. The Morgan fingerprint density at radius 1 is 1.21 bits per heavy atom. The normalized spacial score (nSPS) is 20.5. The number of fused-ring (bicyclic) bond motifs is 3. The van der Waals surface area contributed by atoms with Gasteiger partial charge in [0.25, 0.3) is 0 Å². The number of benzene rings is 2. The Bertz CT molecular complexity index is 1700. The van der Waals surface area contributed by atoms with Crippen molar-refractivity contribution in [3.05, 3.63) is 76.8 Å². The molecular weight excluding hydrogens is 553 g/mol. The summed E-state index contributed by atoms with van der Waals surface area (Å²) >= 11 is 6.32. The third-order valence-corrected chi connectivity index (χ3v) is 8.84. The number of piperidine rings is 1. The maximum absolute atomic E-state index is 14.0. The molecular formula is C32H33ClFN7O. The van der Waals surface area contributed by atoms with Crippen molar-refractivity contribution in [2.75, 3.05) is 19.0 Å². The van der Waals surface area contributed by atoms with Crippen LogP contribution in [0.15, 0.2) is 59.9 Å². The van der Waals surface area contributed by atoms with E-state index in [-0.39, 0.29) is 17.6 Å². The molecule has 2 aliphatic heterocycles. The largest absolute Gasteiger partial charge is 0.497 e. The summed E-state index contributed by atoms with van der Waals surface area (Å²) in [7, 11) is 1.66. The number of aryl methyl sites for hydroxylation is 1. The van der Waals surface area contributed by atoms with Gasteiger partial charge in [-0.05, 0) is 74.1 Å². The summed E-state index contributed by atoms with van der Waals surface area (Å²) in [6.45, 7) is 2.88. The van der Waals surface area contributed by atoms with Gasteiger partial charge in [-0.25, -0.2) is 13.9 Å². The van der Waals surface area contributed by atoms with Gasteiger partial charge in [0.1, 0.15) is 17.4 Å². The number of nitriles is 1. The molecule has 4 aromatic rings. The van der Waals surface area contributed by atoms with E-state index in [0.717, 1.165) is 65.9 Å². The molecule has 0 aliphatic carbocycles. The lowest BCUT2D eigenvalue weighted by molar-refractivity contribution is 0.136. The standard InChI is InChI=1S/C32H33ClFN7O/c1-19-12-25(42-2)7-8-26(19)20-13-30-31(38-22-15-23-5-6-24(16-22)40(23)11-3-10-35)27(17-37-41(30)18-20)32(36)39-29-14-21(34)4-9-28(29)33/h4,7-9,12-14,17-18,22-24,38H,3,5-6,11,15-16H2,1-2H3,(H2,36,39)/t22?,23-,24+. The first kappa shape index (κ1) is 28.0. The van der Waals surface area contributed by atoms with Crippen LogP contribution in [0.25, 0.3) is 16.6 Å². The number of nitrogens with two attached hydrogens (primary N) is 1. The minimum absolute atomic E-state index is 0.192. The van der Waals surface area contributed by atoms with Crippen LogP contribution in [0, 0.1) is 24.1 Å². The summed E-state index contributed by atoms with van der Waals surface area (Å²) in [6, 6.07) is 15.5. The number of rotatable bonds is 8. The molecule has 0 spiro atoms. The van der Waals surface area contributed by atoms with Gasteiger partial charge in [-0.3, -0.25) is 4.90 Å². The van der Waals surface area contributed by atoms with Crippen LogP contribution in [0.4, 0.5) is 15.8 Å². The molecule has 0 amide bonds. The molecule has 3 atom stereocenters. The predicted octanol–water partition coefficient (Wildman–Crippen LogP) is 6.47. The second-order valence-electron chi connectivity index (χ2n) is 11.1. The van der Waals surface area contributed by atoms with Gasteiger partial charge in [0, 0.05) is 48.9 Å². The number of hydrogen-bond donors (Lipinski definition) is 2. The quantitative estimate of drug-likeness (QED) is 0.181. The molecule has 0 radical (unpaired) electrons. The van der Waals surface area contributed by atoms with E-state index in [1.165, 1.54) is 18.2 Å². The Morgan fingerprint density at radius 3 is 2.71 bits per heavy atom. The van der Waals surface area contributed by atoms with Crippen LogP contribution in [0.5, 0.6) is 5.75 Å². The Hall–Kier alpha value is -4.13. The van der Waals surface area contributed by atoms with E-state index >= 15 is 0 Å². The molecule has 2 saturated heterocycles. The Balaban J connectivity index is 1.41. The molecule has 4 heterocycles. The van der Waals surface area contributed by atoms with E-state index in [4.69, 9.17) is 27.3 Å². The SMILES string of the molecule is COc1ccc(-c2cc3c(NC4C[C@H]5CC[C@@H](C4)N5CCC#N)c(C(N)=Nc4cc(F)ccc4Cl)cnn3c2)c(C)c1. The molecule has 2 fully saturated rings. The molecule has 10 heteroatoms. The van der Waals surface area contributed by atoms with Crippen LogP contribution < -0.4 is 15.8 Å². The topological polar surface area (TPSA) is 104 Å². The second kappa shape index (κ2) is 11.6. The summed E-state index contributed by atoms with van der Waals surface area (Å²) in [4.78, 5) is 7.02. The molecule has 8 nitrogen and oxygen atoms in total. The first-order valence-electron chi connectivity index (χ1n) is 14.2. The predicted molar refractivity (Wildman–Crippen MR) is 164 cm³/mol. The smallest absolute Gasteiger partial charge is 0.135 e. The lowest BCUT2D eigenvalue weighted by Gasteiger charge is -2.39. The first-order valence-corrected chi connectivity index (χ1v) is 14.6. The van der Waals surface area contributed by atoms with Gasteiger partial charge in [-0.1, -0.05) is 17.7 Å². The molecule has 2 aromatic carbocycles. The zero-order valence-corrected chi connectivity index (χ0v) is 24.4. The fourth-order valence-electron chi connectivity index (χ4n) is 6.54. The Morgan fingerprint density at radius 2 is 2.00 bits per heavy atom. The highest BCUT2D eigenvalue weighted by atomic mass is 35.5. The fourth-order valence-corrected chi connectivity index (χ4v) is 6.70. The third-order valence-electron chi connectivity index (χ3n) is 8.52. The minimum atomic E-state index is -0.442. The average molecular weight is 586 g/mol. The number of halogens is 2. The van der Waals surface area contributed by atoms with Crippen molar-refractivity contribution in [2.24, 2.45) is 10.7 Å². The van der Waals surface area contributed by atoms with Crippen LogP contribution in [-0.4, -0.2) is 52.1 Å². The van der Waals surface area contributed by atoms with Crippen LogP contribution in [0.1, 0.15) is 43.2 Å². The molecule has 2 aliphatic rings. The molecule has 1 unspecified atom stereocenters. The van der Waals surface area contributed by atoms with Gasteiger partial charge in [0.05, 0.1) is 46.9 Å². The second-order valence-corrected chi connectivity index (χ2v) is 11.5. The Kier molecular flexibility index (Phi) is 7.76. The van der Waals surface area contributed by atoms with Crippen molar-refractivity contribution in [3.8, 4) is 22.9 Å². The van der Waals surface area contributed by atoms with Crippen LogP contribution >= 0.6 is 11.6 Å². The highest BCUT2D eigenvalue weighted by Gasteiger charge is 2.40. The van der Waals surface area contributed by atoms with Gasteiger partial charge in [0.2, 0.25) is 0 Å². The number of anilines is 1. The monoisotopic (exact) mass is 585 g/mol. The first-order chi connectivity index (χ1) is 20.3. The van der Waals surface area contributed by atoms with Crippen molar-refractivity contribution in [1.82, 2.24) is 14.5 Å². The van der Waals surface area contributed by atoms with Gasteiger partial charge >= 0.3 is 0 Å².